The quantitative estimate of drug-likeness (QED) is 0.793. The van der Waals surface area contributed by atoms with Gasteiger partial charge in [0.1, 0.15) is 0 Å². The molecule has 0 radical (unpaired) electrons. The van der Waals surface area contributed by atoms with E-state index >= 15 is 0 Å². The fourth-order valence-corrected chi connectivity index (χ4v) is 4.01. The molecule has 0 aliphatic heterocycles. The maximum absolute atomic E-state index is 4.23. The first kappa shape index (κ1) is 11.9. The molecule has 4 rings (SSSR count). The molecule has 0 saturated carbocycles. The van der Waals surface area contributed by atoms with E-state index in [1.165, 1.54) is 24.1 Å². The van der Waals surface area contributed by atoms with Crippen LogP contribution in [0, 0.1) is 0 Å². The van der Waals surface area contributed by atoms with Gasteiger partial charge in [-0.15, -0.1) is 16.4 Å². The molecule has 0 amide bonds. The second-order valence-electron chi connectivity index (χ2n) is 5.15. The zero-order chi connectivity index (χ0) is 13.4. The molecule has 0 bridgehead atoms. The number of aromatic nitrogens is 2. The lowest BCUT2D eigenvalue weighted by Crippen LogP contribution is -2.01. The molecule has 0 unspecified atom stereocenters. The number of anilines is 1. The Morgan fingerprint density at radius 3 is 3.10 bits per heavy atom. The van der Waals surface area contributed by atoms with Crippen LogP contribution in [0.4, 0.5) is 5.82 Å². The monoisotopic (exact) mass is 281 g/mol. The molecule has 0 spiro atoms. The van der Waals surface area contributed by atoms with Crippen molar-refractivity contribution >= 4 is 27.9 Å². The van der Waals surface area contributed by atoms with Crippen molar-refractivity contribution in [2.75, 3.05) is 5.32 Å². The number of nitrogens with zero attached hydrogens (tertiary/aromatic N) is 2. The Bertz CT molecular complexity index is 737. The Balaban J connectivity index is 1.58. The summed E-state index contributed by atoms with van der Waals surface area (Å²) in [6.07, 6.45) is 5.64. The first-order chi connectivity index (χ1) is 9.90. The predicted molar refractivity (Wildman–Crippen MR) is 83.2 cm³/mol. The van der Waals surface area contributed by atoms with Crippen LogP contribution in [-0.2, 0) is 19.4 Å². The highest BCUT2D eigenvalue weighted by Gasteiger charge is 2.14. The van der Waals surface area contributed by atoms with E-state index in [0.717, 1.165) is 23.1 Å². The summed E-state index contributed by atoms with van der Waals surface area (Å²) in [4.78, 5) is 2.97. The topological polar surface area (TPSA) is 37.8 Å². The molecule has 100 valence electrons. The van der Waals surface area contributed by atoms with Gasteiger partial charge in [-0.25, -0.2) is 0 Å². The minimum Gasteiger partial charge on any atom is -0.363 e. The zero-order valence-corrected chi connectivity index (χ0v) is 11.9. The third-order valence-corrected chi connectivity index (χ3v) is 5.04. The number of nitrogens with one attached hydrogen (secondary N) is 1. The molecule has 1 aromatic carbocycles. The van der Waals surface area contributed by atoms with Gasteiger partial charge in [-0.3, -0.25) is 0 Å². The van der Waals surface area contributed by atoms with E-state index in [-0.39, 0.29) is 0 Å². The van der Waals surface area contributed by atoms with Crippen molar-refractivity contribution in [3.63, 3.8) is 0 Å². The Hall–Kier alpha value is -1.94. The van der Waals surface area contributed by atoms with Crippen LogP contribution in [0.15, 0.2) is 36.5 Å². The molecule has 20 heavy (non-hydrogen) atoms. The van der Waals surface area contributed by atoms with Gasteiger partial charge in [0.05, 0.1) is 12.7 Å². The van der Waals surface area contributed by atoms with E-state index in [4.69, 9.17) is 0 Å². The SMILES string of the molecule is c1ccc2c(NCc3cc4c(s3)CCC4)nncc2c1. The van der Waals surface area contributed by atoms with Gasteiger partial charge in [0.2, 0.25) is 0 Å². The van der Waals surface area contributed by atoms with E-state index < -0.39 is 0 Å². The van der Waals surface area contributed by atoms with Crippen molar-refractivity contribution in [3.05, 3.63) is 51.8 Å². The fraction of sp³-hybridized carbons (Fsp3) is 0.250. The lowest BCUT2D eigenvalue weighted by molar-refractivity contribution is 0.913. The third-order valence-electron chi connectivity index (χ3n) is 3.80. The average molecular weight is 281 g/mol. The van der Waals surface area contributed by atoms with Crippen molar-refractivity contribution < 1.29 is 0 Å². The number of hydrogen-bond donors (Lipinski definition) is 1. The van der Waals surface area contributed by atoms with Crippen LogP contribution >= 0.6 is 11.3 Å². The molecule has 2 aromatic heterocycles. The molecule has 0 fully saturated rings. The molecule has 4 heteroatoms. The summed E-state index contributed by atoms with van der Waals surface area (Å²) in [7, 11) is 0. The molecule has 0 atom stereocenters. The van der Waals surface area contributed by atoms with Gasteiger partial charge < -0.3 is 5.32 Å². The highest BCUT2D eigenvalue weighted by atomic mass is 32.1. The minimum atomic E-state index is 0.834. The Morgan fingerprint density at radius 1 is 1.20 bits per heavy atom. The molecule has 1 aliphatic carbocycles. The first-order valence-corrected chi connectivity index (χ1v) is 7.76. The van der Waals surface area contributed by atoms with Crippen molar-refractivity contribution in [2.45, 2.75) is 25.8 Å². The summed E-state index contributed by atoms with van der Waals surface area (Å²) in [5, 5.41) is 14.0. The summed E-state index contributed by atoms with van der Waals surface area (Å²) >= 11 is 1.94. The van der Waals surface area contributed by atoms with Gasteiger partial charge >= 0.3 is 0 Å². The lowest BCUT2D eigenvalue weighted by atomic mass is 10.2. The number of fused-ring (bicyclic) bond motifs is 2. The van der Waals surface area contributed by atoms with Crippen LogP contribution < -0.4 is 5.32 Å². The standard InChI is InChI=1S/C16H15N3S/c1-2-6-14-12(4-1)9-18-19-16(14)17-10-13-8-11-5-3-7-15(11)20-13/h1-2,4,6,8-9H,3,5,7,10H2,(H,17,19). The lowest BCUT2D eigenvalue weighted by Gasteiger charge is -2.06. The molecular formula is C16H15N3S. The van der Waals surface area contributed by atoms with Crippen LogP contribution in [0.2, 0.25) is 0 Å². The van der Waals surface area contributed by atoms with Gasteiger partial charge in [0.25, 0.3) is 0 Å². The summed E-state index contributed by atoms with van der Waals surface area (Å²) in [5.41, 5.74) is 1.55. The van der Waals surface area contributed by atoms with Gasteiger partial charge in [-0.1, -0.05) is 24.3 Å². The Kier molecular flexibility index (Phi) is 2.89. The molecule has 2 heterocycles. The van der Waals surface area contributed by atoms with Crippen LogP contribution in [-0.4, -0.2) is 10.2 Å². The van der Waals surface area contributed by atoms with Gasteiger partial charge in [-0.2, -0.15) is 5.10 Å². The molecule has 0 saturated heterocycles. The summed E-state index contributed by atoms with van der Waals surface area (Å²) in [6.45, 7) is 0.834. The number of aryl methyl sites for hydroxylation is 2. The Morgan fingerprint density at radius 2 is 2.15 bits per heavy atom. The minimum absolute atomic E-state index is 0.834. The number of rotatable bonds is 3. The highest BCUT2D eigenvalue weighted by molar-refractivity contribution is 7.12. The van der Waals surface area contributed by atoms with Gasteiger partial charge in [-0.05, 0) is 30.9 Å². The Labute approximate surface area is 121 Å². The van der Waals surface area contributed by atoms with Crippen LogP contribution in [0.25, 0.3) is 10.8 Å². The number of thiophene rings is 1. The summed E-state index contributed by atoms with van der Waals surface area (Å²) in [6, 6.07) is 10.6. The zero-order valence-electron chi connectivity index (χ0n) is 11.1. The molecular weight excluding hydrogens is 266 g/mol. The smallest absolute Gasteiger partial charge is 0.156 e. The van der Waals surface area contributed by atoms with Crippen LogP contribution in [0.3, 0.4) is 0 Å². The number of benzene rings is 1. The average Bonchev–Trinajstić information content (AvgIpc) is 3.06. The fourth-order valence-electron chi connectivity index (χ4n) is 2.81. The van der Waals surface area contributed by atoms with Gasteiger partial charge in [0, 0.05) is 20.5 Å². The highest BCUT2D eigenvalue weighted by Crippen LogP contribution is 2.31. The second kappa shape index (κ2) is 4.87. The molecule has 1 aliphatic rings. The summed E-state index contributed by atoms with van der Waals surface area (Å²) in [5.74, 6) is 0.872. The molecule has 3 aromatic rings. The van der Waals surface area contributed by atoms with Crippen molar-refractivity contribution in [1.82, 2.24) is 10.2 Å². The normalized spacial score (nSPS) is 13.6. The molecule has 1 N–H and O–H groups in total. The molecule has 3 nitrogen and oxygen atoms in total. The summed E-state index contributed by atoms with van der Waals surface area (Å²) < 4.78 is 0. The second-order valence-corrected chi connectivity index (χ2v) is 6.37. The maximum atomic E-state index is 4.23. The van der Waals surface area contributed by atoms with E-state index in [2.05, 4.69) is 33.7 Å². The van der Waals surface area contributed by atoms with Crippen molar-refractivity contribution in [1.29, 1.82) is 0 Å². The van der Waals surface area contributed by atoms with Crippen molar-refractivity contribution in [2.24, 2.45) is 0 Å². The largest absolute Gasteiger partial charge is 0.363 e. The number of hydrogen-bond acceptors (Lipinski definition) is 4. The van der Waals surface area contributed by atoms with E-state index in [1.54, 1.807) is 16.6 Å². The third kappa shape index (κ3) is 2.06. The van der Waals surface area contributed by atoms with E-state index in [0.29, 0.717) is 0 Å². The first-order valence-electron chi connectivity index (χ1n) is 6.95. The maximum Gasteiger partial charge on any atom is 0.156 e. The van der Waals surface area contributed by atoms with Gasteiger partial charge in [0.15, 0.2) is 5.82 Å². The van der Waals surface area contributed by atoms with Crippen LogP contribution in [0.1, 0.15) is 21.7 Å². The van der Waals surface area contributed by atoms with Crippen molar-refractivity contribution in [3.8, 4) is 0 Å². The van der Waals surface area contributed by atoms with E-state index in [9.17, 15) is 0 Å². The van der Waals surface area contributed by atoms with Crippen LogP contribution in [0.5, 0.6) is 0 Å². The van der Waals surface area contributed by atoms with E-state index in [1.807, 2.05) is 23.5 Å². The predicted octanol–water partition coefficient (Wildman–Crippen LogP) is 3.79.